The highest BCUT2D eigenvalue weighted by Gasteiger charge is 2.06. The van der Waals surface area contributed by atoms with E-state index in [2.05, 4.69) is 0 Å². The van der Waals surface area contributed by atoms with E-state index < -0.39 is 0 Å². The molecule has 0 aliphatic heterocycles. The highest BCUT2D eigenvalue weighted by Crippen LogP contribution is 2.18. The Morgan fingerprint density at radius 1 is 1.06 bits per heavy atom. The highest BCUT2D eigenvalue weighted by atomic mass is 35.5. The van der Waals surface area contributed by atoms with Crippen molar-refractivity contribution in [2.45, 2.75) is 13.8 Å². The zero-order valence-electron chi connectivity index (χ0n) is 10.4. The van der Waals surface area contributed by atoms with E-state index >= 15 is 0 Å². The fourth-order valence-corrected chi connectivity index (χ4v) is 2.02. The molecule has 0 aromatic heterocycles. The van der Waals surface area contributed by atoms with Crippen LogP contribution in [-0.2, 0) is 0 Å². The first kappa shape index (κ1) is 12.7. The van der Waals surface area contributed by atoms with Crippen molar-refractivity contribution in [3.05, 3.63) is 69.4 Å². The fraction of sp³-hybridized carbons (Fsp3) is 0.133. The smallest absolute Gasteiger partial charge is 0.219 e. The van der Waals surface area contributed by atoms with Gasteiger partial charge in [0.25, 0.3) is 0 Å². The minimum Gasteiger partial charge on any atom is -0.618 e. The van der Waals surface area contributed by atoms with Crippen LogP contribution in [0, 0.1) is 19.1 Å². The topological polar surface area (TPSA) is 26.1 Å². The largest absolute Gasteiger partial charge is 0.618 e. The maximum Gasteiger partial charge on any atom is 0.219 e. The summed E-state index contributed by atoms with van der Waals surface area (Å²) in [5.74, 6) is 0. The molecule has 0 radical (unpaired) electrons. The summed E-state index contributed by atoms with van der Waals surface area (Å²) in [5.41, 5.74) is 3.47. The molecule has 0 N–H and O–H groups in total. The van der Waals surface area contributed by atoms with E-state index in [1.54, 1.807) is 12.3 Å². The zero-order valence-corrected chi connectivity index (χ0v) is 11.1. The van der Waals surface area contributed by atoms with E-state index in [0.717, 1.165) is 21.4 Å². The minimum atomic E-state index is 0.659. The van der Waals surface area contributed by atoms with Crippen molar-refractivity contribution < 1.29 is 4.74 Å². The summed E-state index contributed by atoms with van der Waals surface area (Å²) in [7, 11) is 0. The zero-order chi connectivity index (χ0) is 13.1. The van der Waals surface area contributed by atoms with Crippen LogP contribution in [0.1, 0.15) is 16.7 Å². The third kappa shape index (κ3) is 2.71. The SMILES string of the molecule is Cc1cc(Cl)ccc1C=[N+]([O-])c1ccccc1C. The molecule has 0 aliphatic carbocycles. The molecule has 0 bridgehead atoms. The Morgan fingerprint density at radius 2 is 1.78 bits per heavy atom. The lowest BCUT2D eigenvalue weighted by Gasteiger charge is -2.06. The Labute approximate surface area is 112 Å². The molecule has 18 heavy (non-hydrogen) atoms. The van der Waals surface area contributed by atoms with Crippen LogP contribution in [0.15, 0.2) is 42.5 Å². The molecular weight excluding hydrogens is 246 g/mol. The van der Waals surface area contributed by atoms with E-state index in [1.165, 1.54) is 0 Å². The van der Waals surface area contributed by atoms with Crippen LogP contribution >= 0.6 is 11.6 Å². The molecule has 0 fully saturated rings. The van der Waals surface area contributed by atoms with Crippen LogP contribution in [0.2, 0.25) is 5.02 Å². The van der Waals surface area contributed by atoms with Gasteiger partial charge >= 0.3 is 0 Å². The van der Waals surface area contributed by atoms with Crippen molar-refractivity contribution in [2.24, 2.45) is 0 Å². The number of hydrogen-bond acceptors (Lipinski definition) is 1. The summed E-state index contributed by atoms with van der Waals surface area (Å²) in [6, 6.07) is 13.0. The first-order valence-electron chi connectivity index (χ1n) is 5.71. The van der Waals surface area contributed by atoms with E-state index in [9.17, 15) is 5.21 Å². The Morgan fingerprint density at radius 3 is 2.44 bits per heavy atom. The number of rotatable bonds is 2. The lowest BCUT2D eigenvalue weighted by Crippen LogP contribution is -2.01. The highest BCUT2D eigenvalue weighted by molar-refractivity contribution is 6.30. The second-order valence-electron chi connectivity index (χ2n) is 4.24. The van der Waals surface area contributed by atoms with Crippen LogP contribution in [0.25, 0.3) is 0 Å². The van der Waals surface area contributed by atoms with Gasteiger partial charge < -0.3 is 5.21 Å². The fourth-order valence-electron chi connectivity index (χ4n) is 1.79. The van der Waals surface area contributed by atoms with Crippen LogP contribution in [0.3, 0.4) is 0 Å². The summed E-state index contributed by atoms with van der Waals surface area (Å²) in [5, 5.41) is 12.8. The van der Waals surface area contributed by atoms with Gasteiger partial charge in [0, 0.05) is 22.2 Å². The van der Waals surface area contributed by atoms with Crippen molar-refractivity contribution in [2.75, 3.05) is 0 Å². The van der Waals surface area contributed by atoms with Crippen LogP contribution < -0.4 is 0 Å². The van der Waals surface area contributed by atoms with E-state index in [4.69, 9.17) is 11.6 Å². The average Bonchev–Trinajstić information content (AvgIpc) is 2.33. The van der Waals surface area contributed by atoms with Crippen molar-refractivity contribution in [1.82, 2.24) is 0 Å². The summed E-state index contributed by atoms with van der Waals surface area (Å²) in [6.45, 7) is 3.85. The van der Waals surface area contributed by atoms with Gasteiger partial charge in [-0.1, -0.05) is 29.8 Å². The molecule has 0 heterocycles. The van der Waals surface area contributed by atoms with Gasteiger partial charge in [0.2, 0.25) is 5.69 Å². The molecule has 0 saturated heterocycles. The molecule has 3 heteroatoms. The predicted octanol–water partition coefficient (Wildman–Crippen LogP) is 4.22. The molecule has 2 aromatic rings. The number of benzene rings is 2. The number of nitrogens with zero attached hydrogens (tertiary/aromatic N) is 1. The van der Waals surface area contributed by atoms with E-state index in [-0.39, 0.29) is 0 Å². The first-order valence-corrected chi connectivity index (χ1v) is 6.09. The second kappa shape index (κ2) is 5.23. The molecule has 0 atom stereocenters. The van der Waals surface area contributed by atoms with Crippen molar-refractivity contribution >= 4 is 23.5 Å². The second-order valence-corrected chi connectivity index (χ2v) is 4.68. The Hall–Kier alpha value is -1.80. The van der Waals surface area contributed by atoms with Crippen molar-refractivity contribution in [3.63, 3.8) is 0 Å². The van der Waals surface area contributed by atoms with Crippen molar-refractivity contribution in [1.29, 1.82) is 0 Å². The third-order valence-electron chi connectivity index (χ3n) is 2.84. The number of aryl methyl sites for hydroxylation is 2. The molecule has 0 unspecified atom stereocenters. The lowest BCUT2D eigenvalue weighted by molar-refractivity contribution is -0.355. The number of halogens is 1. The van der Waals surface area contributed by atoms with Gasteiger partial charge in [0.1, 0.15) is 0 Å². The standard InChI is InChI=1S/C15H14ClNO/c1-11-5-3-4-6-15(11)17(18)10-13-7-8-14(16)9-12(13)2/h3-10H,1-2H3. The Balaban J connectivity index is 2.42. The third-order valence-corrected chi connectivity index (χ3v) is 3.08. The average molecular weight is 260 g/mol. The first-order chi connectivity index (χ1) is 8.58. The van der Waals surface area contributed by atoms with Crippen LogP contribution in [0.5, 0.6) is 0 Å². The number of hydrogen-bond donors (Lipinski definition) is 0. The summed E-state index contributed by atoms with van der Waals surface area (Å²) < 4.78 is 0.894. The quantitative estimate of drug-likeness (QED) is 0.343. The molecule has 92 valence electrons. The summed E-state index contributed by atoms with van der Waals surface area (Å²) in [4.78, 5) is 0. The van der Waals surface area contributed by atoms with Crippen LogP contribution in [-0.4, -0.2) is 11.0 Å². The predicted molar refractivity (Wildman–Crippen MR) is 75.8 cm³/mol. The van der Waals surface area contributed by atoms with Crippen molar-refractivity contribution in [3.8, 4) is 0 Å². The maximum absolute atomic E-state index is 12.1. The normalized spacial score (nSPS) is 11.6. The minimum absolute atomic E-state index is 0.659. The maximum atomic E-state index is 12.1. The molecule has 0 aliphatic rings. The molecule has 2 nitrogen and oxygen atoms in total. The molecule has 0 spiro atoms. The molecular formula is C15H14ClNO. The molecule has 0 amide bonds. The molecule has 0 saturated carbocycles. The summed E-state index contributed by atoms with van der Waals surface area (Å²) in [6.07, 6.45) is 1.58. The van der Waals surface area contributed by atoms with Gasteiger partial charge in [-0.25, -0.2) is 0 Å². The van der Waals surface area contributed by atoms with Gasteiger partial charge in [-0.15, -0.1) is 0 Å². The van der Waals surface area contributed by atoms with Gasteiger partial charge in [-0.3, -0.25) is 0 Å². The Bertz CT molecular complexity index is 605. The van der Waals surface area contributed by atoms with Gasteiger partial charge in [0.05, 0.1) is 0 Å². The lowest BCUT2D eigenvalue weighted by atomic mass is 10.1. The van der Waals surface area contributed by atoms with E-state index in [0.29, 0.717) is 10.7 Å². The van der Waals surface area contributed by atoms with Crippen LogP contribution in [0.4, 0.5) is 5.69 Å². The van der Waals surface area contributed by atoms with Gasteiger partial charge in [-0.05, 0) is 37.6 Å². The van der Waals surface area contributed by atoms with E-state index in [1.807, 2.05) is 50.2 Å². The Kier molecular flexibility index (Phi) is 3.68. The monoisotopic (exact) mass is 259 g/mol. The molecule has 2 aromatic carbocycles. The van der Waals surface area contributed by atoms with Gasteiger partial charge in [0.15, 0.2) is 6.21 Å². The van der Waals surface area contributed by atoms with Gasteiger partial charge in [-0.2, -0.15) is 4.74 Å². The summed E-state index contributed by atoms with van der Waals surface area (Å²) >= 11 is 5.89. The molecule has 2 rings (SSSR count). The number of para-hydroxylation sites is 1.